The Morgan fingerprint density at radius 3 is 2.74 bits per heavy atom. The SMILES string of the molecule is CCC(C)(C#N)NC(=O)c1cc([N+](=O)[O-])ccc1Br. The van der Waals surface area contributed by atoms with Crippen molar-refractivity contribution in [2.45, 2.75) is 25.8 Å². The van der Waals surface area contributed by atoms with Gasteiger partial charge in [0.15, 0.2) is 0 Å². The van der Waals surface area contributed by atoms with Crippen LogP contribution in [0.2, 0.25) is 0 Å². The van der Waals surface area contributed by atoms with Gasteiger partial charge in [0.2, 0.25) is 0 Å². The van der Waals surface area contributed by atoms with Crippen LogP contribution in [0.1, 0.15) is 30.6 Å². The van der Waals surface area contributed by atoms with Crippen LogP contribution in [0, 0.1) is 21.4 Å². The van der Waals surface area contributed by atoms with E-state index in [0.29, 0.717) is 10.9 Å². The minimum Gasteiger partial charge on any atom is -0.334 e. The summed E-state index contributed by atoms with van der Waals surface area (Å²) < 4.78 is 0.437. The van der Waals surface area contributed by atoms with Gasteiger partial charge in [-0.25, -0.2) is 0 Å². The first kappa shape index (κ1) is 15.1. The van der Waals surface area contributed by atoms with Crippen LogP contribution in [-0.2, 0) is 0 Å². The van der Waals surface area contributed by atoms with E-state index >= 15 is 0 Å². The summed E-state index contributed by atoms with van der Waals surface area (Å²) in [5.41, 5.74) is -1.05. The van der Waals surface area contributed by atoms with Crippen molar-refractivity contribution in [3.8, 4) is 6.07 Å². The number of nitro groups is 1. The molecule has 19 heavy (non-hydrogen) atoms. The number of nitrogens with one attached hydrogen (secondary N) is 1. The van der Waals surface area contributed by atoms with E-state index in [2.05, 4.69) is 21.2 Å². The van der Waals surface area contributed by atoms with Gasteiger partial charge in [0, 0.05) is 16.6 Å². The van der Waals surface area contributed by atoms with Crippen molar-refractivity contribution in [1.82, 2.24) is 5.32 Å². The standard InChI is InChI=1S/C12H12BrN3O3/c1-3-12(2,7-14)15-11(17)9-6-8(16(18)19)4-5-10(9)13/h4-6H,3H2,1-2H3,(H,15,17). The van der Waals surface area contributed by atoms with E-state index in [1.54, 1.807) is 13.8 Å². The number of hydrogen-bond donors (Lipinski definition) is 1. The summed E-state index contributed by atoms with van der Waals surface area (Å²) in [6, 6.07) is 5.91. The van der Waals surface area contributed by atoms with Gasteiger partial charge in [0.1, 0.15) is 5.54 Å². The molecule has 0 aromatic heterocycles. The number of benzene rings is 1. The number of hydrogen-bond acceptors (Lipinski definition) is 4. The van der Waals surface area contributed by atoms with Gasteiger partial charge >= 0.3 is 0 Å². The van der Waals surface area contributed by atoms with E-state index in [0.717, 1.165) is 0 Å². The summed E-state index contributed by atoms with van der Waals surface area (Å²) in [5.74, 6) is -0.526. The first-order chi connectivity index (χ1) is 8.83. The van der Waals surface area contributed by atoms with Gasteiger partial charge in [-0.3, -0.25) is 14.9 Å². The summed E-state index contributed by atoms with van der Waals surface area (Å²) in [6.07, 6.45) is 0.432. The highest BCUT2D eigenvalue weighted by atomic mass is 79.9. The molecule has 1 rings (SSSR count). The highest BCUT2D eigenvalue weighted by Gasteiger charge is 2.26. The van der Waals surface area contributed by atoms with Crippen molar-refractivity contribution in [2.75, 3.05) is 0 Å². The average Bonchev–Trinajstić information content (AvgIpc) is 2.38. The molecule has 1 atom stereocenters. The predicted molar refractivity (Wildman–Crippen MR) is 72.6 cm³/mol. The third kappa shape index (κ3) is 3.51. The molecule has 7 heteroatoms. The molecule has 0 saturated heterocycles. The fourth-order valence-electron chi connectivity index (χ4n) is 1.31. The summed E-state index contributed by atoms with van der Waals surface area (Å²) in [7, 11) is 0. The van der Waals surface area contributed by atoms with Gasteiger partial charge in [-0.1, -0.05) is 6.92 Å². The van der Waals surface area contributed by atoms with Crippen molar-refractivity contribution >= 4 is 27.5 Å². The number of rotatable bonds is 4. The first-order valence-corrected chi connectivity index (χ1v) is 6.30. The second-order valence-electron chi connectivity index (χ2n) is 4.17. The van der Waals surface area contributed by atoms with Crippen LogP contribution < -0.4 is 5.32 Å². The van der Waals surface area contributed by atoms with E-state index in [4.69, 9.17) is 5.26 Å². The lowest BCUT2D eigenvalue weighted by Gasteiger charge is -2.21. The van der Waals surface area contributed by atoms with Crippen LogP contribution in [0.5, 0.6) is 0 Å². The smallest absolute Gasteiger partial charge is 0.270 e. The van der Waals surface area contributed by atoms with E-state index < -0.39 is 16.4 Å². The van der Waals surface area contributed by atoms with Gasteiger partial charge in [-0.15, -0.1) is 0 Å². The Morgan fingerprint density at radius 1 is 1.63 bits per heavy atom. The monoisotopic (exact) mass is 325 g/mol. The van der Waals surface area contributed by atoms with E-state index in [1.807, 2.05) is 6.07 Å². The third-order valence-electron chi connectivity index (χ3n) is 2.75. The molecular weight excluding hydrogens is 314 g/mol. The Morgan fingerprint density at radius 2 is 2.26 bits per heavy atom. The molecule has 0 aliphatic rings. The highest BCUT2D eigenvalue weighted by molar-refractivity contribution is 9.10. The number of halogens is 1. The van der Waals surface area contributed by atoms with Crippen molar-refractivity contribution < 1.29 is 9.72 Å². The summed E-state index contributed by atoms with van der Waals surface area (Å²) in [6.45, 7) is 3.36. The fraction of sp³-hybridized carbons (Fsp3) is 0.333. The normalized spacial score (nSPS) is 13.2. The van der Waals surface area contributed by atoms with E-state index in [1.165, 1.54) is 18.2 Å². The van der Waals surface area contributed by atoms with Gasteiger partial charge in [0.05, 0.1) is 16.6 Å². The topological polar surface area (TPSA) is 96.0 Å². The van der Waals surface area contributed by atoms with E-state index in [9.17, 15) is 14.9 Å². The molecule has 6 nitrogen and oxygen atoms in total. The Bertz CT molecular complexity index is 568. The number of nitriles is 1. The lowest BCUT2D eigenvalue weighted by atomic mass is 10.0. The number of nitrogens with zero attached hydrogens (tertiary/aromatic N) is 2. The fourth-order valence-corrected chi connectivity index (χ4v) is 1.74. The van der Waals surface area contributed by atoms with Gasteiger partial charge < -0.3 is 5.32 Å². The minimum atomic E-state index is -0.999. The Balaban J connectivity index is 3.10. The molecule has 0 saturated carbocycles. The van der Waals surface area contributed by atoms with Crippen LogP contribution in [0.4, 0.5) is 5.69 Å². The molecule has 0 aliphatic carbocycles. The molecule has 0 aliphatic heterocycles. The maximum Gasteiger partial charge on any atom is 0.270 e. The zero-order valence-corrected chi connectivity index (χ0v) is 12.0. The molecule has 1 amide bonds. The molecule has 1 unspecified atom stereocenters. The van der Waals surface area contributed by atoms with Crippen molar-refractivity contribution in [1.29, 1.82) is 5.26 Å². The average molecular weight is 326 g/mol. The van der Waals surface area contributed by atoms with Crippen molar-refractivity contribution in [3.05, 3.63) is 38.3 Å². The van der Waals surface area contributed by atoms with Gasteiger partial charge in [0.25, 0.3) is 11.6 Å². The molecule has 0 bridgehead atoms. The molecule has 1 N–H and O–H groups in total. The van der Waals surface area contributed by atoms with Gasteiger partial charge in [-0.05, 0) is 35.3 Å². The quantitative estimate of drug-likeness (QED) is 0.680. The molecule has 1 aromatic carbocycles. The Kier molecular flexibility index (Phi) is 4.62. The molecule has 100 valence electrons. The molecule has 0 spiro atoms. The molecule has 0 fully saturated rings. The minimum absolute atomic E-state index is 0.129. The van der Waals surface area contributed by atoms with Crippen LogP contribution in [0.15, 0.2) is 22.7 Å². The molecule has 0 radical (unpaired) electrons. The maximum atomic E-state index is 12.1. The maximum absolute atomic E-state index is 12.1. The van der Waals surface area contributed by atoms with Crippen LogP contribution in [0.3, 0.4) is 0 Å². The Hall–Kier alpha value is -1.94. The predicted octanol–water partition coefficient (Wildman–Crippen LogP) is 2.78. The van der Waals surface area contributed by atoms with Crippen LogP contribution in [-0.4, -0.2) is 16.4 Å². The van der Waals surface area contributed by atoms with E-state index in [-0.39, 0.29) is 11.3 Å². The summed E-state index contributed by atoms with van der Waals surface area (Å²) in [5, 5.41) is 22.3. The number of carbonyl (C=O) groups is 1. The first-order valence-electron chi connectivity index (χ1n) is 5.50. The molecular formula is C12H12BrN3O3. The second-order valence-corrected chi connectivity index (χ2v) is 5.03. The molecule has 1 aromatic rings. The highest BCUT2D eigenvalue weighted by Crippen LogP contribution is 2.23. The number of non-ortho nitro benzene ring substituents is 1. The number of carbonyl (C=O) groups excluding carboxylic acids is 1. The lowest BCUT2D eigenvalue weighted by molar-refractivity contribution is -0.384. The largest absolute Gasteiger partial charge is 0.334 e. The van der Waals surface area contributed by atoms with Crippen LogP contribution in [0.25, 0.3) is 0 Å². The van der Waals surface area contributed by atoms with Gasteiger partial charge in [-0.2, -0.15) is 5.26 Å². The van der Waals surface area contributed by atoms with Crippen molar-refractivity contribution in [3.63, 3.8) is 0 Å². The number of amides is 1. The number of nitro benzene ring substituents is 1. The Labute approximate surface area is 118 Å². The second kappa shape index (κ2) is 5.80. The van der Waals surface area contributed by atoms with Crippen molar-refractivity contribution in [2.24, 2.45) is 0 Å². The van der Waals surface area contributed by atoms with Crippen LogP contribution >= 0.6 is 15.9 Å². The zero-order chi connectivity index (χ0) is 14.6. The third-order valence-corrected chi connectivity index (χ3v) is 3.44. The molecule has 0 heterocycles. The summed E-state index contributed by atoms with van der Waals surface area (Å²) >= 11 is 3.17. The summed E-state index contributed by atoms with van der Waals surface area (Å²) in [4.78, 5) is 22.2. The lowest BCUT2D eigenvalue weighted by Crippen LogP contribution is -2.44. The zero-order valence-electron chi connectivity index (χ0n) is 10.4.